The van der Waals surface area contributed by atoms with Crippen LogP contribution in [0, 0.1) is 0 Å². The van der Waals surface area contributed by atoms with E-state index < -0.39 is 18.0 Å². The Hall–Kier alpha value is -1.54. The zero-order chi connectivity index (χ0) is 15.7. The van der Waals surface area contributed by atoms with Gasteiger partial charge >= 0.3 is 11.9 Å². The fourth-order valence-electron chi connectivity index (χ4n) is 2.14. The van der Waals surface area contributed by atoms with Crippen LogP contribution < -0.4 is 5.73 Å². The lowest BCUT2D eigenvalue weighted by Gasteiger charge is -2.48. The van der Waals surface area contributed by atoms with E-state index in [1.54, 1.807) is 13.8 Å². The molecule has 0 aromatic carbocycles. The average Bonchev–Trinajstić information content (AvgIpc) is 2.42. The molecule has 0 saturated carbocycles. The van der Waals surface area contributed by atoms with Gasteiger partial charge in [-0.2, -0.15) is 0 Å². The van der Waals surface area contributed by atoms with Crippen molar-refractivity contribution in [2.45, 2.75) is 38.3 Å². The molecule has 2 N–H and O–H groups in total. The minimum Gasteiger partial charge on any atom is -0.461 e. The Bertz CT molecular complexity index is 517. The molecule has 1 unspecified atom stereocenters. The molecule has 0 aromatic heterocycles. The molecule has 7 nitrogen and oxygen atoms in total. The molecule has 1 amide bonds. The van der Waals surface area contributed by atoms with Gasteiger partial charge in [0.15, 0.2) is 0 Å². The van der Waals surface area contributed by atoms with Gasteiger partial charge in [0.1, 0.15) is 23.7 Å². The first-order chi connectivity index (χ1) is 9.82. The quantitative estimate of drug-likeness (QED) is 0.576. The van der Waals surface area contributed by atoms with Crippen LogP contribution >= 0.6 is 11.8 Å². The third-order valence-electron chi connectivity index (χ3n) is 3.07. The molecule has 1 fully saturated rings. The number of amides is 1. The van der Waals surface area contributed by atoms with Crippen LogP contribution in [-0.2, 0) is 23.9 Å². The molecule has 1 saturated heterocycles. The topological polar surface area (TPSA) is 98.9 Å². The fraction of sp³-hybridized carbons (Fsp3) is 0.615. The van der Waals surface area contributed by atoms with Gasteiger partial charge < -0.3 is 15.2 Å². The number of fused-ring (bicyclic) bond motifs is 1. The number of esters is 2. The maximum atomic E-state index is 12.2. The van der Waals surface area contributed by atoms with E-state index in [0.717, 1.165) is 0 Å². The third-order valence-corrected chi connectivity index (χ3v) is 4.43. The molecule has 0 bridgehead atoms. The van der Waals surface area contributed by atoms with E-state index in [2.05, 4.69) is 0 Å². The highest BCUT2D eigenvalue weighted by atomic mass is 32.2. The van der Waals surface area contributed by atoms with E-state index >= 15 is 0 Å². The summed E-state index contributed by atoms with van der Waals surface area (Å²) in [4.78, 5) is 36.5. The van der Waals surface area contributed by atoms with Crippen LogP contribution in [0.4, 0.5) is 0 Å². The highest BCUT2D eigenvalue weighted by Gasteiger charge is 2.52. The Labute approximate surface area is 126 Å². The number of ether oxygens (including phenoxy) is 2. The van der Waals surface area contributed by atoms with Crippen LogP contribution in [-0.4, -0.2) is 52.6 Å². The van der Waals surface area contributed by atoms with E-state index in [0.29, 0.717) is 11.3 Å². The van der Waals surface area contributed by atoms with Gasteiger partial charge in [0.25, 0.3) is 0 Å². The van der Waals surface area contributed by atoms with Gasteiger partial charge in [-0.05, 0) is 13.8 Å². The van der Waals surface area contributed by atoms with E-state index in [1.165, 1.54) is 23.6 Å². The molecule has 2 aliphatic heterocycles. The third kappa shape index (κ3) is 3.06. The number of thioether (sulfide) groups is 1. The Morgan fingerprint density at radius 3 is 2.71 bits per heavy atom. The Morgan fingerprint density at radius 2 is 2.14 bits per heavy atom. The second kappa shape index (κ2) is 6.07. The highest BCUT2D eigenvalue weighted by Crippen LogP contribution is 2.39. The number of hydrogen-bond donors (Lipinski definition) is 1. The standard InChI is InChI=1S/C13H18N2O5S/c1-6(2)20-13(18)10-8(4-19-7(3)16)5-21-12-9(14)11(17)15(10)12/h6,9,12H,4-5,14H2,1-3H3/t9?,12-/m1/s1. The van der Waals surface area contributed by atoms with Crippen LogP contribution in [0.25, 0.3) is 0 Å². The summed E-state index contributed by atoms with van der Waals surface area (Å²) < 4.78 is 10.1. The number of carbonyl (C=O) groups excluding carboxylic acids is 3. The van der Waals surface area contributed by atoms with Crippen LogP contribution in [0.3, 0.4) is 0 Å². The summed E-state index contributed by atoms with van der Waals surface area (Å²) in [5, 5.41) is -0.256. The predicted octanol–water partition coefficient (Wildman–Crippen LogP) is -0.00240. The molecular weight excluding hydrogens is 296 g/mol. The molecule has 2 atom stereocenters. The molecule has 2 heterocycles. The first-order valence-electron chi connectivity index (χ1n) is 6.59. The Kier molecular flexibility index (Phi) is 4.58. The van der Waals surface area contributed by atoms with E-state index in [9.17, 15) is 14.4 Å². The summed E-state index contributed by atoms with van der Waals surface area (Å²) >= 11 is 1.45. The monoisotopic (exact) mass is 314 g/mol. The van der Waals surface area contributed by atoms with Crippen LogP contribution in [0.15, 0.2) is 11.3 Å². The molecule has 0 radical (unpaired) electrons. The number of nitrogens with zero attached hydrogens (tertiary/aromatic N) is 1. The van der Waals surface area contributed by atoms with Gasteiger partial charge in [0, 0.05) is 18.2 Å². The number of nitrogens with two attached hydrogens (primary N) is 1. The molecule has 0 aliphatic carbocycles. The van der Waals surface area contributed by atoms with Crippen LogP contribution in [0.1, 0.15) is 20.8 Å². The molecule has 0 aromatic rings. The van der Waals surface area contributed by atoms with Crippen molar-refractivity contribution in [3.63, 3.8) is 0 Å². The molecule has 2 aliphatic rings. The summed E-state index contributed by atoms with van der Waals surface area (Å²) in [5.74, 6) is -0.878. The Balaban J connectivity index is 2.28. The van der Waals surface area contributed by atoms with Crippen molar-refractivity contribution >= 4 is 29.6 Å². The maximum Gasteiger partial charge on any atom is 0.355 e. The number of carbonyl (C=O) groups is 3. The summed E-state index contributed by atoms with van der Waals surface area (Å²) in [6.45, 7) is 4.71. The molecule has 116 valence electrons. The molecular formula is C13H18N2O5S. The van der Waals surface area contributed by atoms with Crippen molar-refractivity contribution in [3.8, 4) is 0 Å². The van der Waals surface area contributed by atoms with Crippen molar-refractivity contribution in [1.29, 1.82) is 0 Å². The van der Waals surface area contributed by atoms with E-state index in [1.807, 2.05) is 0 Å². The number of hydrogen-bond acceptors (Lipinski definition) is 7. The summed E-state index contributed by atoms with van der Waals surface area (Å²) in [6, 6.07) is -0.605. The number of β-lactam (4-membered cyclic amide) rings is 1. The van der Waals surface area contributed by atoms with Crippen molar-refractivity contribution in [1.82, 2.24) is 4.90 Å². The van der Waals surface area contributed by atoms with Gasteiger partial charge in [-0.1, -0.05) is 0 Å². The first kappa shape index (κ1) is 15.8. The summed E-state index contributed by atoms with van der Waals surface area (Å²) in [7, 11) is 0. The fourth-order valence-corrected chi connectivity index (χ4v) is 3.41. The molecule has 21 heavy (non-hydrogen) atoms. The Morgan fingerprint density at radius 1 is 1.48 bits per heavy atom. The van der Waals surface area contributed by atoms with Gasteiger partial charge in [-0.15, -0.1) is 11.8 Å². The highest BCUT2D eigenvalue weighted by molar-refractivity contribution is 8.00. The van der Waals surface area contributed by atoms with Crippen molar-refractivity contribution in [2.75, 3.05) is 12.4 Å². The average molecular weight is 314 g/mol. The van der Waals surface area contributed by atoms with E-state index in [4.69, 9.17) is 15.2 Å². The zero-order valence-electron chi connectivity index (χ0n) is 12.1. The van der Waals surface area contributed by atoms with Crippen molar-refractivity contribution in [2.24, 2.45) is 5.73 Å². The summed E-state index contributed by atoms with van der Waals surface area (Å²) in [5.41, 5.74) is 6.47. The maximum absolute atomic E-state index is 12.2. The smallest absolute Gasteiger partial charge is 0.355 e. The summed E-state index contributed by atoms with van der Waals surface area (Å²) in [6.07, 6.45) is -0.307. The SMILES string of the molecule is CC(=O)OCC1=C(C(=O)OC(C)C)N2C(=O)C(N)[C@H]2SC1. The largest absolute Gasteiger partial charge is 0.461 e. The zero-order valence-corrected chi connectivity index (χ0v) is 12.9. The lowest BCUT2D eigenvalue weighted by atomic mass is 10.0. The first-order valence-corrected chi connectivity index (χ1v) is 7.64. The minimum absolute atomic E-state index is 0.0312. The van der Waals surface area contributed by atoms with E-state index in [-0.39, 0.29) is 29.7 Å². The van der Waals surface area contributed by atoms with Gasteiger partial charge in [0.2, 0.25) is 5.91 Å². The van der Waals surface area contributed by atoms with Crippen LogP contribution in [0.2, 0.25) is 0 Å². The van der Waals surface area contributed by atoms with Crippen LogP contribution in [0.5, 0.6) is 0 Å². The molecule has 0 spiro atoms. The lowest BCUT2D eigenvalue weighted by Crippen LogP contribution is -2.68. The minimum atomic E-state index is -0.605. The molecule has 8 heteroatoms. The second-order valence-electron chi connectivity index (χ2n) is 5.12. The van der Waals surface area contributed by atoms with Gasteiger partial charge in [-0.3, -0.25) is 14.5 Å². The second-order valence-corrected chi connectivity index (χ2v) is 6.23. The predicted molar refractivity (Wildman–Crippen MR) is 76.0 cm³/mol. The van der Waals surface area contributed by atoms with Gasteiger partial charge in [-0.25, -0.2) is 4.79 Å². The van der Waals surface area contributed by atoms with Crippen molar-refractivity contribution < 1.29 is 23.9 Å². The number of rotatable bonds is 4. The lowest BCUT2D eigenvalue weighted by molar-refractivity contribution is -0.153. The molecule has 2 rings (SSSR count). The van der Waals surface area contributed by atoms with Crippen molar-refractivity contribution in [3.05, 3.63) is 11.3 Å². The normalized spacial score (nSPS) is 24.6. The van der Waals surface area contributed by atoms with Gasteiger partial charge in [0.05, 0.1) is 6.10 Å².